The van der Waals surface area contributed by atoms with Gasteiger partial charge in [0.1, 0.15) is 24.9 Å². The Morgan fingerprint density at radius 3 is 2.17 bits per heavy atom. The number of aliphatic hydroxyl groups excluding tert-OH is 3. The van der Waals surface area contributed by atoms with Gasteiger partial charge in [-0.2, -0.15) is 0 Å². The molecule has 1 saturated heterocycles. The lowest BCUT2D eigenvalue weighted by atomic mass is 9.98. The van der Waals surface area contributed by atoms with Gasteiger partial charge in [-0.1, -0.05) is 58.3 Å². The van der Waals surface area contributed by atoms with Gasteiger partial charge >= 0.3 is 0 Å². The standard InChI is InChI=1S/C18H34NO5/c1-2-3-4-5-6-7-8-9-10-11-16(21)19-14-13-24-15(12-20)18(23)17(14)22/h13-15,17-18,20,22-23H,2-12H2,1H3,(H,19,21)/t14-,15+,17+,18+/m0/s1. The van der Waals surface area contributed by atoms with Crippen LogP contribution in [0.25, 0.3) is 0 Å². The second-order valence-electron chi connectivity index (χ2n) is 6.65. The van der Waals surface area contributed by atoms with Crippen molar-refractivity contribution in [2.75, 3.05) is 6.61 Å². The topological polar surface area (TPSA) is 99.0 Å². The molecule has 0 aromatic carbocycles. The highest BCUT2D eigenvalue weighted by atomic mass is 16.5. The molecular formula is C18H34NO5. The molecule has 0 unspecified atom stereocenters. The van der Waals surface area contributed by atoms with E-state index < -0.39 is 24.4 Å². The minimum Gasteiger partial charge on any atom is -0.394 e. The van der Waals surface area contributed by atoms with Crippen LogP contribution in [0, 0.1) is 6.61 Å². The van der Waals surface area contributed by atoms with Gasteiger partial charge in [0.15, 0.2) is 0 Å². The molecule has 1 aliphatic rings. The van der Waals surface area contributed by atoms with Gasteiger partial charge in [0.05, 0.1) is 12.6 Å². The first-order valence-electron chi connectivity index (χ1n) is 9.35. The lowest BCUT2D eigenvalue weighted by Gasteiger charge is -2.36. The van der Waals surface area contributed by atoms with E-state index in [9.17, 15) is 15.0 Å². The summed E-state index contributed by atoms with van der Waals surface area (Å²) in [6.45, 7) is 3.12. The fourth-order valence-electron chi connectivity index (χ4n) is 2.90. The van der Waals surface area contributed by atoms with Crippen LogP contribution in [-0.4, -0.2) is 52.2 Å². The van der Waals surface area contributed by atoms with Crippen molar-refractivity contribution in [3.63, 3.8) is 0 Å². The van der Waals surface area contributed by atoms with Crippen LogP contribution in [0.3, 0.4) is 0 Å². The average Bonchev–Trinajstić information content (AvgIpc) is 2.58. The molecule has 1 aliphatic heterocycles. The van der Waals surface area contributed by atoms with E-state index in [0.29, 0.717) is 6.42 Å². The highest BCUT2D eigenvalue weighted by Gasteiger charge is 2.38. The molecule has 1 heterocycles. The van der Waals surface area contributed by atoms with Crippen molar-refractivity contribution in [2.45, 2.75) is 95.5 Å². The van der Waals surface area contributed by atoms with Gasteiger partial charge in [-0.3, -0.25) is 4.79 Å². The maximum atomic E-state index is 11.9. The summed E-state index contributed by atoms with van der Waals surface area (Å²) in [4.78, 5) is 11.9. The number of unbranched alkanes of at least 4 members (excludes halogenated alkanes) is 8. The van der Waals surface area contributed by atoms with Crippen LogP contribution in [0.2, 0.25) is 0 Å². The maximum Gasteiger partial charge on any atom is 0.220 e. The summed E-state index contributed by atoms with van der Waals surface area (Å²) in [5.74, 6) is -0.156. The van der Waals surface area contributed by atoms with Crippen molar-refractivity contribution in [2.24, 2.45) is 0 Å². The molecule has 0 aliphatic carbocycles. The number of hydrogen-bond donors (Lipinski definition) is 4. The predicted molar refractivity (Wildman–Crippen MR) is 92.0 cm³/mol. The summed E-state index contributed by atoms with van der Waals surface area (Å²) in [6.07, 6.45) is 7.92. The first kappa shape index (κ1) is 21.4. The number of nitrogens with one attached hydrogen (secondary N) is 1. The van der Waals surface area contributed by atoms with Gasteiger partial charge in [0, 0.05) is 6.42 Å². The average molecular weight is 344 g/mol. The zero-order chi connectivity index (χ0) is 17.8. The molecule has 6 nitrogen and oxygen atoms in total. The number of ether oxygens (including phenoxy) is 1. The first-order chi connectivity index (χ1) is 11.6. The fraction of sp³-hybridized carbons (Fsp3) is 0.889. The summed E-state index contributed by atoms with van der Waals surface area (Å²) >= 11 is 0. The fourth-order valence-corrected chi connectivity index (χ4v) is 2.90. The van der Waals surface area contributed by atoms with Crippen LogP contribution in [0.4, 0.5) is 0 Å². The quantitative estimate of drug-likeness (QED) is 0.404. The molecule has 24 heavy (non-hydrogen) atoms. The first-order valence-corrected chi connectivity index (χ1v) is 9.35. The molecule has 4 atom stereocenters. The van der Waals surface area contributed by atoms with Crippen molar-refractivity contribution >= 4 is 5.91 Å². The molecule has 0 aromatic heterocycles. The number of amides is 1. The van der Waals surface area contributed by atoms with Gasteiger partial charge in [-0.15, -0.1) is 0 Å². The van der Waals surface area contributed by atoms with Gasteiger partial charge < -0.3 is 25.4 Å². The van der Waals surface area contributed by atoms with Crippen LogP contribution >= 0.6 is 0 Å². The molecule has 141 valence electrons. The SMILES string of the molecule is CCCCCCCCCCCC(=O)N[C@H]1[CH]O[C@H](CO)[C@@H](O)[C@@H]1O. The third kappa shape index (κ3) is 7.92. The molecule has 6 heteroatoms. The van der Waals surface area contributed by atoms with E-state index in [0.717, 1.165) is 19.3 Å². The Morgan fingerprint density at radius 2 is 1.58 bits per heavy atom. The highest BCUT2D eigenvalue weighted by Crippen LogP contribution is 2.18. The van der Waals surface area contributed by atoms with E-state index in [2.05, 4.69) is 12.2 Å². The molecule has 4 N–H and O–H groups in total. The molecule has 1 fully saturated rings. The number of rotatable bonds is 12. The van der Waals surface area contributed by atoms with Crippen LogP contribution in [-0.2, 0) is 9.53 Å². The zero-order valence-electron chi connectivity index (χ0n) is 14.8. The van der Waals surface area contributed by atoms with Crippen molar-refractivity contribution in [1.82, 2.24) is 5.32 Å². The highest BCUT2D eigenvalue weighted by molar-refractivity contribution is 5.76. The van der Waals surface area contributed by atoms with Crippen LogP contribution < -0.4 is 5.32 Å². The van der Waals surface area contributed by atoms with Crippen molar-refractivity contribution in [3.05, 3.63) is 6.61 Å². The normalized spacial score (nSPS) is 27.2. The van der Waals surface area contributed by atoms with Crippen molar-refractivity contribution in [3.8, 4) is 0 Å². The van der Waals surface area contributed by atoms with Gasteiger partial charge in [-0.25, -0.2) is 0 Å². The number of aliphatic hydroxyl groups is 3. The summed E-state index contributed by atoms with van der Waals surface area (Å²) in [6, 6.07) is -0.742. The largest absolute Gasteiger partial charge is 0.394 e. The summed E-state index contributed by atoms with van der Waals surface area (Å²) in [5.41, 5.74) is 0. The lowest BCUT2D eigenvalue weighted by molar-refractivity contribution is -0.145. The molecular weight excluding hydrogens is 310 g/mol. The smallest absolute Gasteiger partial charge is 0.220 e. The summed E-state index contributed by atoms with van der Waals surface area (Å²) < 4.78 is 5.12. The van der Waals surface area contributed by atoms with Gasteiger partial charge in [-0.05, 0) is 6.42 Å². The Hall–Kier alpha value is -0.690. The van der Waals surface area contributed by atoms with E-state index >= 15 is 0 Å². The second-order valence-corrected chi connectivity index (χ2v) is 6.65. The van der Waals surface area contributed by atoms with E-state index in [1.807, 2.05) is 0 Å². The molecule has 0 spiro atoms. The third-order valence-electron chi connectivity index (χ3n) is 4.51. The third-order valence-corrected chi connectivity index (χ3v) is 4.51. The number of carbonyl (C=O) groups excluding carboxylic acids is 1. The Labute approximate surface area is 145 Å². The molecule has 0 aromatic rings. The Balaban J connectivity index is 2.06. The van der Waals surface area contributed by atoms with Gasteiger partial charge in [0.25, 0.3) is 0 Å². The predicted octanol–water partition coefficient (Wildman–Crippen LogP) is 1.67. The van der Waals surface area contributed by atoms with Gasteiger partial charge in [0.2, 0.25) is 5.91 Å². The number of hydrogen-bond acceptors (Lipinski definition) is 5. The van der Waals surface area contributed by atoms with Crippen LogP contribution in [0.5, 0.6) is 0 Å². The van der Waals surface area contributed by atoms with E-state index in [1.165, 1.54) is 45.1 Å². The molecule has 1 amide bonds. The molecule has 1 radical (unpaired) electrons. The van der Waals surface area contributed by atoms with Crippen molar-refractivity contribution in [1.29, 1.82) is 0 Å². The number of carbonyl (C=O) groups is 1. The Morgan fingerprint density at radius 1 is 1.00 bits per heavy atom. The Bertz CT molecular complexity index is 339. The van der Waals surface area contributed by atoms with E-state index in [-0.39, 0.29) is 12.5 Å². The summed E-state index contributed by atoms with van der Waals surface area (Å²) in [5, 5.41) is 31.3. The monoisotopic (exact) mass is 344 g/mol. The molecule has 0 bridgehead atoms. The minimum absolute atomic E-state index is 0.156. The van der Waals surface area contributed by atoms with E-state index in [1.54, 1.807) is 0 Å². The Kier molecular flexibility index (Phi) is 11.2. The minimum atomic E-state index is -1.21. The van der Waals surface area contributed by atoms with Crippen LogP contribution in [0.1, 0.15) is 71.1 Å². The van der Waals surface area contributed by atoms with E-state index in [4.69, 9.17) is 9.84 Å². The molecule has 0 saturated carbocycles. The summed E-state index contributed by atoms with van der Waals surface area (Å²) in [7, 11) is 0. The van der Waals surface area contributed by atoms with Crippen LogP contribution in [0.15, 0.2) is 0 Å². The zero-order valence-corrected chi connectivity index (χ0v) is 14.8. The second kappa shape index (κ2) is 12.6. The molecule has 1 rings (SSSR count). The van der Waals surface area contributed by atoms with Crippen molar-refractivity contribution < 1.29 is 24.9 Å². The lowest BCUT2D eigenvalue weighted by Crippen LogP contribution is -2.58. The maximum absolute atomic E-state index is 11.9.